The lowest BCUT2D eigenvalue weighted by Crippen LogP contribution is -2.34. The maximum Gasteiger partial charge on any atom is 0.0595 e. The van der Waals surface area contributed by atoms with Crippen LogP contribution < -0.4 is 5.32 Å². The Morgan fingerprint density at radius 1 is 1.35 bits per heavy atom. The lowest BCUT2D eigenvalue weighted by atomic mass is 10.2. The first-order chi connectivity index (χ1) is 8.15. The van der Waals surface area contributed by atoms with Crippen LogP contribution >= 0.6 is 23.2 Å². The Morgan fingerprint density at radius 3 is 2.82 bits per heavy atom. The predicted octanol–water partition coefficient (Wildman–Crippen LogP) is 3.18. The molecule has 1 aliphatic heterocycles. The third-order valence-electron chi connectivity index (χ3n) is 3.13. The second-order valence-corrected chi connectivity index (χ2v) is 5.55. The highest BCUT2D eigenvalue weighted by Crippen LogP contribution is 2.23. The summed E-state index contributed by atoms with van der Waals surface area (Å²) in [6.07, 6.45) is 2.58. The van der Waals surface area contributed by atoms with Crippen LogP contribution in [0.25, 0.3) is 0 Å². The fraction of sp³-hybridized carbons (Fsp3) is 0.538. The topological polar surface area (TPSA) is 15.3 Å². The van der Waals surface area contributed by atoms with Gasteiger partial charge >= 0.3 is 0 Å². The van der Waals surface area contributed by atoms with E-state index in [1.165, 1.54) is 18.4 Å². The molecule has 94 valence electrons. The van der Waals surface area contributed by atoms with Crippen LogP contribution in [-0.2, 0) is 6.54 Å². The van der Waals surface area contributed by atoms with E-state index in [4.69, 9.17) is 23.2 Å². The molecule has 2 rings (SSSR count). The second-order valence-electron chi connectivity index (χ2n) is 4.74. The SMILES string of the molecule is CN(Cc1ccc(Cl)c(Cl)c1)CC1CCCN1. The minimum absolute atomic E-state index is 0.621. The molecule has 0 spiro atoms. The van der Waals surface area contributed by atoms with Crippen molar-refractivity contribution in [3.05, 3.63) is 33.8 Å². The lowest BCUT2D eigenvalue weighted by molar-refractivity contribution is 0.293. The molecule has 1 aliphatic rings. The van der Waals surface area contributed by atoms with Crippen LogP contribution in [0, 0.1) is 0 Å². The van der Waals surface area contributed by atoms with Gasteiger partial charge in [-0.2, -0.15) is 0 Å². The predicted molar refractivity (Wildman–Crippen MR) is 73.8 cm³/mol. The van der Waals surface area contributed by atoms with Crippen LogP contribution in [-0.4, -0.2) is 31.1 Å². The molecule has 0 bridgehead atoms. The summed E-state index contributed by atoms with van der Waals surface area (Å²) in [5.41, 5.74) is 1.21. The van der Waals surface area contributed by atoms with Gasteiger partial charge < -0.3 is 10.2 Å². The van der Waals surface area contributed by atoms with Crippen LogP contribution in [0.5, 0.6) is 0 Å². The Hall–Kier alpha value is -0.280. The fourth-order valence-corrected chi connectivity index (χ4v) is 2.62. The van der Waals surface area contributed by atoms with E-state index in [-0.39, 0.29) is 0 Å². The van der Waals surface area contributed by atoms with Crippen molar-refractivity contribution in [2.24, 2.45) is 0 Å². The Labute approximate surface area is 113 Å². The molecular formula is C13H18Cl2N2. The largest absolute Gasteiger partial charge is 0.313 e. The third kappa shape index (κ3) is 3.85. The molecule has 1 saturated heterocycles. The molecule has 1 aromatic carbocycles. The third-order valence-corrected chi connectivity index (χ3v) is 3.87. The molecule has 1 aromatic rings. The minimum atomic E-state index is 0.621. The molecule has 1 N–H and O–H groups in total. The Kier molecular flexibility index (Phi) is 4.69. The van der Waals surface area contributed by atoms with Gasteiger partial charge in [-0.15, -0.1) is 0 Å². The molecule has 0 radical (unpaired) electrons. The molecule has 0 saturated carbocycles. The zero-order valence-electron chi connectivity index (χ0n) is 10.0. The van der Waals surface area contributed by atoms with Crippen molar-refractivity contribution in [1.29, 1.82) is 0 Å². The van der Waals surface area contributed by atoms with E-state index < -0.39 is 0 Å². The van der Waals surface area contributed by atoms with Crippen molar-refractivity contribution in [2.45, 2.75) is 25.4 Å². The van der Waals surface area contributed by atoms with E-state index in [0.29, 0.717) is 16.1 Å². The monoisotopic (exact) mass is 272 g/mol. The van der Waals surface area contributed by atoms with Gasteiger partial charge in [-0.25, -0.2) is 0 Å². The van der Waals surface area contributed by atoms with E-state index in [1.54, 1.807) is 0 Å². The van der Waals surface area contributed by atoms with E-state index in [2.05, 4.69) is 17.3 Å². The zero-order valence-corrected chi connectivity index (χ0v) is 11.6. The summed E-state index contributed by atoms with van der Waals surface area (Å²) in [5, 5.41) is 4.76. The average molecular weight is 273 g/mol. The maximum atomic E-state index is 6.00. The van der Waals surface area contributed by atoms with Crippen molar-refractivity contribution in [3.8, 4) is 0 Å². The summed E-state index contributed by atoms with van der Waals surface area (Å²) >= 11 is 11.9. The number of hydrogen-bond donors (Lipinski definition) is 1. The van der Waals surface area contributed by atoms with Crippen molar-refractivity contribution in [1.82, 2.24) is 10.2 Å². The van der Waals surface area contributed by atoms with Crippen molar-refractivity contribution < 1.29 is 0 Å². The smallest absolute Gasteiger partial charge is 0.0595 e. The number of halogens is 2. The molecule has 1 atom stereocenters. The number of rotatable bonds is 4. The van der Waals surface area contributed by atoms with Crippen LogP contribution in [0.2, 0.25) is 10.0 Å². The van der Waals surface area contributed by atoms with E-state index in [0.717, 1.165) is 19.6 Å². The summed E-state index contributed by atoms with van der Waals surface area (Å²) in [6.45, 7) is 3.15. The van der Waals surface area contributed by atoms with Crippen molar-refractivity contribution in [2.75, 3.05) is 20.1 Å². The van der Waals surface area contributed by atoms with Crippen LogP contribution in [0.3, 0.4) is 0 Å². The van der Waals surface area contributed by atoms with Gasteiger partial charge in [-0.3, -0.25) is 0 Å². The van der Waals surface area contributed by atoms with E-state index in [1.807, 2.05) is 18.2 Å². The first kappa shape index (κ1) is 13.2. The summed E-state index contributed by atoms with van der Waals surface area (Å²) < 4.78 is 0. The number of benzene rings is 1. The highest BCUT2D eigenvalue weighted by atomic mass is 35.5. The molecule has 2 nitrogen and oxygen atoms in total. The zero-order chi connectivity index (χ0) is 12.3. The molecule has 4 heteroatoms. The van der Waals surface area contributed by atoms with Gasteiger partial charge in [0.2, 0.25) is 0 Å². The van der Waals surface area contributed by atoms with Gasteiger partial charge in [0.1, 0.15) is 0 Å². The van der Waals surface area contributed by atoms with E-state index >= 15 is 0 Å². The number of nitrogens with zero attached hydrogens (tertiary/aromatic N) is 1. The van der Waals surface area contributed by atoms with Gasteiger partial charge in [0.25, 0.3) is 0 Å². The highest BCUT2D eigenvalue weighted by Gasteiger charge is 2.15. The fourth-order valence-electron chi connectivity index (χ4n) is 2.30. The summed E-state index contributed by atoms with van der Waals surface area (Å²) in [6, 6.07) is 6.48. The van der Waals surface area contributed by atoms with Gasteiger partial charge in [-0.05, 0) is 44.1 Å². The standard InChI is InChI=1S/C13H18Cl2N2/c1-17(9-11-3-2-6-16-11)8-10-4-5-12(14)13(15)7-10/h4-5,7,11,16H,2-3,6,8-9H2,1H3. The molecule has 0 amide bonds. The number of hydrogen-bond acceptors (Lipinski definition) is 2. The molecule has 1 fully saturated rings. The maximum absolute atomic E-state index is 6.00. The summed E-state index contributed by atoms with van der Waals surface area (Å²) in [7, 11) is 2.14. The summed E-state index contributed by atoms with van der Waals surface area (Å²) in [4.78, 5) is 2.32. The molecule has 0 aromatic heterocycles. The molecule has 17 heavy (non-hydrogen) atoms. The molecule has 1 heterocycles. The first-order valence-corrected chi connectivity index (χ1v) is 6.76. The van der Waals surface area contributed by atoms with Gasteiger partial charge in [0.05, 0.1) is 10.0 Å². The minimum Gasteiger partial charge on any atom is -0.313 e. The average Bonchev–Trinajstić information content (AvgIpc) is 2.76. The van der Waals surface area contributed by atoms with E-state index in [9.17, 15) is 0 Å². The Bertz CT molecular complexity index is 376. The quantitative estimate of drug-likeness (QED) is 0.906. The Morgan fingerprint density at radius 2 is 2.18 bits per heavy atom. The molecular weight excluding hydrogens is 255 g/mol. The Balaban J connectivity index is 1.88. The highest BCUT2D eigenvalue weighted by molar-refractivity contribution is 6.42. The van der Waals surface area contributed by atoms with Gasteiger partial charge in [0.15, 0.2) is 0 Å². The van der Waals surface area contributed by atoms with Crippen LogP contribution in [0.4, 0.5) is 0 Å². The molecule has 1 unspecified atom stereocenters. The van der Waals surface area contributed by atoms with Crippen LogP contribution in [0.1, 0.15) is 18.4 Å². The molecule has 0 aliphatic carbocycles. The second kappa shape index (κ2) is 6.05. The van der Waals surface area contributed by atoms with Crippen LogP contribution in [0.15, 0.2) is 18.2 Å². The van der Waals surface area contributed by atoms with Crippen molar-refractivity contribution in [3.63, 3.8) is 0 Å². The van der Waals surface area contributed by atoms with Gasteiger partial charge in [0, 0.05) is 19.1 Å². The van der Waals surface area contributed by atoms with Crippen molar-refractivity contribution >= 4 is 23.2 Å². The van der Waals surface area contributed by atoms with Gasteiger partial charge in [-0.1, -0.05) is 29.3 Å². The lowest BCUT2D eigenvalue weighted by Gasteiger charge is -2.21. The number of nitrogens with one attached hydrogen (secondary N) is 1. The normalized spacial score (nSPS) is 20.1. The number of likely N-dealkylation sites (N-methyl/N-ethyl adjacent to an activating group) is 1. The first-order valence-electron chi connectivity index (χ1n) is 6.01. The summed E-state index contributed by atoms with van der Waals surface area (Å²) in [5.74, 6) is 0.